The lowest BCUT2D eigenvalue weighted by Gasteiger charge is -2.07. The van der Waals surface area contributed by atoms with E-state index in [-0.39, 0.29) is 5.69 Å². The van der Waals surface area contributed by atoms with Gasteiger partial charge in [0.05, 0.1) is 0 Å². The van der Waals surface area contributed by atoms with Crippen LogP contribution >= 0.6 is 0 Å². The van der Waals surface area contributed by atoms with E-state index in [4.69, 9.17) is 4.42 Å². The van der Waals surface area contributed by atoms with Gasteiger partial charge in [-0.25, -0.2) is 0 Å². The Labute approximate surface area is 168 Å². The minimum absolute atomic E-state index is 0.258. The maximum atomic E-state index is 9.55. The van der Waals surface area contributed by atoms with Crippen LogP contribution in [0.2, 0.25) is 0 Å². The summed E-state index contributed by atoms with van der Waals surface area (Å²) in [6.07, 6.45) is 0. The summed E-state index contributed by atoms with van der Waals surface area (Å²) < 4.78 is 5.99. The van der Waals surface area contributed by atoms with Gasteiger partial charge in [-0.1, -0.05) is 78.9 Å². The fourth-order valence-corrected chi connectivity index (χ4v) is 3.66. The third kappa shape index (κ3) is 3.09. The number of hydrogen-bond donors (Lipinski definition) is 1. The van der Waals surface area contributed by atoms with E-state index in [1.807, 2.05) is 60.7 Å². The highest BCUT2D eigenvalue weighted by Gasteiger charge is 2.16. The lowest BCUT2D eigenvalue weighted by molar-refractivity contribution is 0.586. The zero-order valence-electron chi connectivity index (χ0n) is 15.6. The van der Waals surface area contributed by atoms with Gasteiger partial charge in [0.25, 0.3) is 0 Å². The van der Waals surface area contributed by atoms with Gasteiger partial charge >= 0.3 is 0 Å². The molecule has 0 aliphatic carbocycles. The van der Waals surface area contributed by atoms with Crippen molar-refractivity contribution in [3.8, 4) is 17.5 Å². The van der Waals surface area contributed by atoms with Crippen molar-refractivity contribution in [1.82, 2.24) is 4.98 Å². The Balaban J connectivity index is 1.50. The van der Waals surface area contributed by atoms with Crippen LogP contribution in [-0.4, -0.2) is 4.98 Å². The van der Waals surface area contributed by atoms with Crippen LogP contribution in [0, 0.1) is 11.3 Å². The Hall–Kier alpha value is -4.10. The van der Waals surface area contributed by atoms with Crippen LogP contribution in [0.25, 0.3) is 33.0 Å². The first-order valence-electron chi connectivity index (χ1n) is 9.43. The average molecular weight is 375 g/mol. The molecule has 1 heterocycles. The molecule has 0 aliphatic heterocycles. The smallest absolute Gasteiger partial charge is 0.232 e. The molecule has 4 aromatic carbocycles. The number of benzene rings is 4. The highest BCUT2D eigenvalue weighted by Crippen LogP contribution is 2.31. The minimum Gasteiger partial charge on any atom is -0.419 e. The Morgan fingerprint density at radius 3 is 2.24 bits per heavy atom. The molecule has 29 heavy (non-hydrogen) atoms. The molecule has 5 aromatic rings. The number of nitriles is 1. The Morgan fingerprint density at radius 1 is 0.793 bits per heavy atom. The SMILES string of the molecule is N#Cc1nc(-c2cccc3ccccc23)oc1NCc1cccc2ccccc12. The van der Waals surface area contributed by atoms with Gasteiger partial charge in [0, 0.05) is 12.1 Å². The summed E-state index contributed by atoms with van der Waals surface area (Å²) in [6, 6.07) is 30.6. The molecular weight excluding hydrogens is 358 g/mol. The first-order valence-corrected chi connectivity index (χ1v) is 9.43. The van der Waals surface area contributed by atoms with Gasteiger partial charge in [-0.3, -0.25) is 0 Å². The molecule has 0 spiro atoms. The summed E-state index contributed by atoms with van der Waals surface area (Å²) in [5.41, 5.74) is 2.26. The van der Waals surface area contributed by atoms with Crippen molar-refractivity contribution in [2.45, 2.75) is 6.54 Å². The monoisotopic (exact) mass is 375 g/mol. The highest BCUT2D eigenvalue weighted by molar-refractivity contribution is 5.95. The second-order valence-corrected chi connectivity index (χ2v) is 6.83. The molecule has 1 N–H and O–H groups in total. The summed E-state index contributed by atoms with van der Waals surface area (Å²) in [7, 11) is 0. The fourth-order valence-electron chi connectivity index (χ4n) is 3.66. The lowest BCUT2D eigenvalue weighted by Crippen LogP contribution is -2.00. The Bertz CT molecular complexity index is 1370. The number of hydrogen-bond acceptors (Lipinski definition) is 4. The molecule has 0 saturated heterocycles. The van der Waals surface area contributed by atoms with E-state index in [1.165, 1.54) is 10.8 Å². The second-order valence-electron chi connectivity index (χ2n) is 6.83. The van der Waals surface area contributed by atoms with Gasteiger partial charge in [-0.15, -0.1) is 0 Å². The van der Waals surface area contributed by atoms with E-state index in [1.54, 1.807) is 0 Å². The number of nitrogens with one attached hydrogen (secondary N) is 1. The van der Waals surface area contributed by atoms with E-state index in [0.717, 1.165) is 21.9 Å². The van der Waals surface area contributed by atoms with Crippen molar-refractivity contribution in [2.75, 3.05) is 5.32 Å². The van der Waals surface area contributed by atoms with Crippen LogP contribution in [0.1, 0.15) is 11.3 Å². The van der Waals surface area contributed by atoms with E-state index < -0.39 is 0 Å². The predicted molar refractivity (Wildman–Crippen MR) is 115 cm³/mol. The van der Waals surface area contributed by atoms with Crippen molar-refractivity contribution in [2.24, 2.45) is 0 Å². The molecule has 0 atom stereocenters. The first-order chi connectivity index (χ1) is 14.3. The number of anilines is 1. The quantitative estimate of drug-likeness (QED) is 0.410. The molecule has 5 rings (SSSR count). The topological polar surface area (TPSA) is 61.9 Å². The molecule has 138 valence electrons. The van der Waals surface area contributed by atoms with Gasteiger partial charge in [0.2, 0.25) is 17.5 Å². The number of rotatable bonds is 4. The van der Waals surface area contributed by atoms with Crippen molar-refractivity contribution in [1.29, 1.82) is 5.26 Å². The largest absolute Gasteiger partial charge is 0.419 e. The normalized spacial score (nSPS) is 10.9. The summed E-state index contributed by atoms with van der Waals surface area (Å²) in [6.45, 7) is 0.542. The standard InChI is InChI=1S/C25H17N3O/c26-15-23-25(27-16-19-11-5-9-17-7-1-3-12-20(17)19)29-24(28-23)22-14-6-10-18-8-2-4-13-21(18)22/h1-14,27H,16H2. The molecule has 0 aliphatic rings. The van der Waals surface area contributed by atoms with E-state index in [9.17, 15) is 5.26 Å². The highest BCUT2D eigenvalue weighted by atomic mass is 16.4. The summed E-state index contributed by atoms with van der Waals surface area (Å²) in [5.74, 6) is 0.835. The molecule has 0 bridgehead atoms. The summed E-state index contributed by atoms with van der Waals surface area (Å²) in [5, 5.41) is 17.3. The third-order valence-electron chi connectivity index (χ3n) is 5.07. The van der Waals surface area contributed by atoms with E-state index in [0.29, 0.717) is 18.3 Å². The maximum absolute atomic E-state index is 9.55. The molecule has 4 heteroatoms. The van der Waals surface area contributed by atoms with Gasteiger partial charge < -0.3 is 9.73 Å². The zero-order chi connectivity index (χ0) is 19.6. The van der Waals surface area contributed by atoms with Crippen LogP contribution in [0.4, 0.5) is 5.88 Å². The van der Waals surface area contributed by atoms with Gasteiger partial charge in [0.1, 0.15) is 6.07 Å². The molecule has 4 nitrogen and oxygen atoms in total. The Morgan fingerprint density at radius 2 is 1.45 bits per heavy atom. The van der Waals surface area contributed by atoms with E-state index >= 15 is 0 Å². The van der Waals surface area contributed by atoms with Gasteiger partial charge in [0.15, 0.2) is 0 Å². The summed E-state index contributed by atoms with van der Waals surface area (Å²) in [4.78, 5) is 4.43. The maximum Gasteiger partial charge on any atom is 0.232 e. The molecule has 0 saturated carbocycles. The van der Waals surface area contributed by atoms with Crippen LogP contribution in [0.5, 0.6) is 0 Å². The van der Waals surface area contributed by atoms with Crippen molar-refractivity contribution in [3.63, 3.8) is 0 Å². The predicted octanol–water partition coefficient (Wildman–Crippen LogP) is 6.13. The fraction of sp³-hybridized carbons (Fsp3) is 0.0400. The molecule has 0 unspecified atom stereocenters. The summed E-state index contributed by atoms with van der Waals surface area (Å²) >= 11 is 0. The van der Waals surface area contributed by atoms with Gasteiger partial charge in [-0.2, -0.15) is 10.2 Å². The van der Waals surface area contributed by atoms with Crippen molar-refractivity contribution < 1.29 is 4.42 Å². The van der Waals surface area contributed by atoms with Gasteiger partial charge in [-0.05, 0) is 33.2 Å². The zero-order valence-corrected chi connectivity index (χ0v) is 15.6. The lowest BCUT2D eigenvalue weighted by atomic mass is 10.0. The van der Waals surface area contributed by atoms with E-state index in [2.05, 4.69) is 40.6 Å². The number of fused-ring (bicyclic) bond motifs is 2. The van der Waals surface area contributed by atoms with Crippen molar-refractivity contribution >= 4 is 27.4 Å². The number of oxazole rings is 1. The molecule has 0 fully saturated rings. The molecule has 1 aromatic heterocycles. The van der Waals surface area contributed by atoms with Crippen LogP contribution in [0.3, 0.4) is 0 Å². The molecular formula is C25H17N3O. The number of nitrogens with zero attached hydrogens (tertiary/aromatic N) is 2. The van der Waals surface area contributed by atoms with Crippen LogP contribution in [-0.2, 0) is 6.54 Å². The minimum atomic E-state index is 0.258. The molecule has 0 radical (unpaired) electrons. The molecule has 0 amide bonds. The second kappa shape index (κ2) is 7.14. The third-order valence-corrected chi connectivity index (χ3v) is 5.07. The Kier molecular flexibility index (Phi) is 4.19. The van der Waals surface area contributed by atoms with Crippen LogP contribution < -0.4 is 5.32 Å². The first kappa shape index (κ1) is 17.0. The van der Waals surface area contributed by atoms with Crippen molar-refractivity contribution in [3.05, 3.63) is 96.2 Å². The average Bonchev–Trinajstić information content (AvgIpc) is 3.20. The van der Waals surface area contributed by atoms with Crippen LogP contribution in [0.15, 0.2) is 89.3 Å². The number of aromatic nitrogens is 1.